The minimum atomic E-state index is -0.270. The van der Waals surface area contributed by atoms with Gasteiger partial charge in [-0.25, -0.2) is 4.39 Å². The summed E-state index contributed by atoms with van der Waals surface area (Å²) in [5.74, 6) is 0.294. The van der Waals surface area contributed by atoms with Crippen molar-refractivity contribution in [1.82, 2.24) is 10.3 Å². The van der Waals surface area contributed by atoms with Crippen molar-refractivity contribution in [2.45, 2.75) is 19.9 Å². The Balaban J connectivity index is 1.90. The third-order valence-electron chi connectivity index (χ3n) is 2.86. The SMILES string of the molecule is CCNCc1cc(F)cc(OCCc2ccccn2)c1. The average molecular weight is 274 g/mol. The Bertz CT molecular complexity index is 531. The van der Waals surface area contributed by atoms with Crippen LogP contribution in [0.1, 0.15) is 18.2 Å². The van der Waals surface area contributed by atoms with Crippen LogP contribution in [-0.4, -0.2) is 18.1 Å². The second-order valence-electron chi connectivity index (χ2n) is 4.50. The first-order chi connectivity index (χ1) is 9.78. The van der Waals surface area contributed by atoms with Crippen LogP contribution in [0.4, 0.5) is 4.39 Å². The smallest absolute Gasteiger partial charge is 0.127 e. The maximum absolute atomic E-state index is 13.5. The van der Waals surface area contributed by atoms with Gasteiger partial charge in [-0.1, -0.05) is 13.0 Å². The van der Waals surface area contributed by atoms with E-state index in [1.807, 2.05) is 31.2 Å². The lowest BCUT2D eigenvalue weighted by Crippen LogP contribution is -2.12. The first-order valence-corrected chi connectivity index (χ1v) is 6.81. The van der Waals surface area contributed by atoms with E-state index in [4.69, 9.17) is 4.74 Å². The highest BCUT2D eigenvalue weighted by Crippen LogP contribution is 2.16. The monoisotopic (exact) mass is 274 g/mol. The fourth-order valence-corrected chi connectivity index (χ4v) is 1.89. The molecule has 1 aromatic carbocycles. The van der Waals surface area contributed by atoms with E-state index in [0.29, 0.717) is 25.3 Å². The van der Waals surface area contributed by atoms with Gasteiger partial charge < -0.3 is 10.1 Å². The van der Waals surface area contributed by atoms with E-state index in [1.54, 1.807) is 6.20 Å². The van der Waals surface area contributed by atoms with Gasteiger partial charge in [0.05, 0.1) is 6.61 Å². The predicted octanol–water partition coefficient (Wildman–Crippen LogP) is 2.95. The Hall–Kier alpha value is -1.94. The first-order valence-electron chi connectivity index (χ1n) is 6.81. The van der Waals surface area contributed by atoms with E-state index in [1.165, 1.54) is 12.1 Å². The molecular weight excluding hydrogens is 255 g/mol. The molecule has 106 valence electrons. The molecular formula is C16H19FN2O. The largest absolute Gasteiger partial charge is 0.493 e. The van der Waals surface area contributed by atoms with Crippen LogP contribution < -0.4 is 10.1 Å². The molecule has 0 unspecified atom stereocenters. The lowest BCUT2D eigenvalue weighted by atomic mass is 10.2. The molecule has 0 amide bonds. The molecule has 0 bridgehead atoms. The van der Waals surface area contributed by atoms with Crippen molar-refractivity contribution in [1.29, 1.82) is 0 Å². The number of benzene rings is 1. The van der Waals surface area contributed by atoms with E-state index in [-0.39, 0.29) is 5.82 Å². The number of pyridine rings is 1. The highest BCUT2D eigenvalue weighted by molar-refractivity contribution is 5.29. The highest BCUT2D eigenvalue weighted by Gasteiger charge is 2.02. The zero-order chi connectivity index (χ0) is 14.2. The number of hydrogen-bond acceptors (Lipinski definition) is 3. The van der Waals surface area contributed by atoms with E-state index in [2.05, 4.69) is 10.3 Å². The molecule has 0 atom stereocenters. The summed E-state index contributed by atoms with van der Waals surface area (Å²) < 4.78 is 19.1. The summed E-state index contributed by atoms with van der Waals surface area (Å²) in [5, 5.41) is 3.17. The second-order valence-corrected chi connectivity index (χ2v) is 4.50. The molecule has 0 spiro atoms. The lowest BCUT2D eigenvalue weighted by molar-refractivity contribution is 0.318. The van der Waals surface area contributed by atoms with Crippen molar-refractivity contribution in [3.8, 4) is 5.75 Å². The summed E-state index contributed by atoms with van der Waals surface area (Å²) in [7, 11) is 0. The van der Waals surface area contributed by atoms with Gasteiger partial charge in [-0.15, -0.1) is 0 Å². The summed E-state index contributed by atoms with van der Waals surface area (Å²) in [5.41, 5.74) is 1.86. The number of halogens is 1. The molecule has 0 aliphatic rings. The van der Waals surface area contributed by atoms with Crippen molar-refractivity contribution < 1.29 is 9.13 Å². The number of rotatable bonds is 7. The molecule has 3 nitrogen and oxygen atoms in total. The maximum Gasteiger partial charge on any atom is 0.127 e. The lowest BCUT2D eigenvalue weighted by Gasteiger charge is -2.09. The molecule has 4 heteroatoms. The maximum atomic E-state index is 13.5. The minimum absolute atomic E-state index is 0.270. The van der Waals surface area contributed by atoms with Gasteiger partial charge in [-0.3, -0.25) is 4.98 Å². The van der Waals surface area contributed by atoms with Gasteiger partial charge >= 0.3 is 0 Å². The molecule has 0 fully saturated rings. The predicted molar refractivity (Wildman–Crippen MR) is 77.2 cm³/mol. The van der Waals surface area contributed by atoms with Gasteiger partial charge in [0, 0.05) is 30.9 Å². The quantitative estimate of drug-likeness (QED) is 0.843. The van der Waals surface area contributed by atoms with Gasteiger partial charge in [0.2, 0.25) is 0 Å². The average Bonchev–Trinajstić information content (AvgIpc) is 2.46. The zero-order valence-electron chi connectivity index (χ0n) is 11.6. The third-order valence-corrected chi connectivity index (χ3v) is 2.86. The normalized spacial score (nSPS) is 10.5. The van der Waals surface area contributed by atoms with Gasteiger partial charge in [-0.2, -0.15) is 0 Å². The minimum Gasteiger partial charge on any atom is -0.493 e. The highest BCUT2D eigenvalue weighted by atomic mass is 19.1. The number of nitrogens with one attached hydrogen (secondary N) is 1. The third kappa shape index (κ3) is 4.63. The topological polar surface area (TPSA) is 34.1 Å². The molecule has 0 aliphatic carbocycles. The molecule has 0 saturated heterocycles. The molecule has 1 heterocycles. The summed E-state index contributed by atoms with van der Waals surface area (Å²) in [6.45, 7) is 4.00. The molecule has 0 aliphatic heterocycles. The Morgan fingerprint density at radius 1 is 1.25 bits per heavy atom. The number of hydrogen-bond donors (Lipinski definition) is 1. The molecule has 0 radical (unpaired) electrons. The van der Waals surface area contributed by atoms with Crippen LogP contribution in [0.25, 0.3) is 0 Å². The van der Waals surface area contributed by atoms with E-state index in [0.717, 1.165) is 17.8 Å². The van der Waals surface area contributed by atoms with Crippen molar-refractivity contribution in [3.63, 3.8) is 0 Å². The summed E-state index contributed by atoms with van der Waals surface area (Å²) in [6, 6.07) is 10.6. The van der Waals surface area contributed by atoms with Gasteiger partial charge in [0.1, 0.15) is 11.6 Å². The van der Waals surface area contributed by atoms with E-state index < -0.39 is 0 Å². The summed E-state index contributed by atoms with van der Waals surface area (Å²) in [4.78, 5) is 4.22. The van der Waals surface area contributed by atoms with Gasteiger partial charge in [0.15, 0.2) is 0 Å². The fourth-order valence-electron chi connectivity index (χ4n) is 1.89. The van der Waals surface area contributed by atoms with Crippen LogP contribution in [0.3, 0.4) is 0 Å². The van der Waals surface area contributed by atoms with E-state index >= 15 is 0 Å². The Labute approximate surface area is 118 Å². The van der Waals surface area contributed by atoms with Gasteiger partial charge in [-0.05, 0) is 36.4 Å². The molecule has 2 aromatic rings. The van der Waals surface area contributed by atoms with Crippen LogP contribution in [0, 0.1) is 5.82 Å². The van der Waals surface area contributed by atoms with Crippen molar-refractivity contribution in [3.05, 3.63) is 59.7 Å². The van der Waals surface area contributed by atoms with Crippen LogP contribution >= 0.6 is 0 Å². The number of nitrogens with zero attached hydrogens (tertiary/aromatic N) is 1. The number of ether oxygens (including phenoxy) is 1. The fraction of sp³-hybridized carbons (Fsp3) is 0.312. The Morgan fingerprint density at radius 2 is 2.15 bits per heavy atom. The zero-order valence-corrected chi connectivity index (χ0v) is 11.6. The van der Waals surface area contributed by atoms with Crippen LogP contribution in [0.15, 0.2) is 42.6 Å². The molecule has 2 rings (SSSR count). The van der Waals surface area contributed by atoms with Crippen molar-refractivity contribution in [2.24, 2.45) is 0 Å². The summed E-state index contributed by atoms with van der Waals surface area (Å²) in [6.07, 6.45) is 2.46. The van der Waals surface area contributed by atoms with Gasteiger partial charge in [0.25, 0.3) is 0 Å². The van der Waals surface area contributed by atoms with Crippen LogP contribution in [-0.2, 0) is 13.0 Å². The molecule has 20 heavy (non-hydrogen) atoms. The van der Waals surface area contributed by atoms with Crippen LogP contribution in [0.2, 0.25) is 0 Å². The first kappa shape index (κ1) is 14.5. The second kappa shape index (κ2) is 7.60. The van der Waals surface area contributed by atoms with Crippen LogP contribution in [0.5, 0.6) is 5.75 Å². The Kier molecular flexibility index (Phi) is 5.50. The molecule has 0 saturated carbocycles. The van der Waals surface area contributed by atoms with Crippen molar-refractivity contribution >= 4 is 0 Å². The standard InChI is InChI=1S/C16H19FN2O/c1-2-18-12-13-9-14(17)11-16(10-13)20-8-6-15-5-3-4-7-19-15/h3-5,7,9-11,18H,2,6,8,12H2,1H3. The van der Waals surface area contributed by atoms with E-state index in [9.17, 15) is 4.39 Å². The summed E-state index contributed by atoms with van der Waals surface area (Å²) >= 11 is 0. The molecule has 1 N–H and O–H groups in total. The Morgan fingerprint density at radius 3 is 2.90 bits per heavy atom. The number of aromatic nitrogens is 1. The molecule has 1 aromatic heterocycles. The van der Waals surface area contributed by atoms with Crippen molar-refractivity contribution in [2.75, 3.05) is 13.2 Å².